The predicted octanol–water partition coefficient (Wildman–Crippen LogP) is 2.90. The number of nitro groups is 1. The predicted molar refractivity (Wildman–Crippen MR) is 79.1 cm³/mol. The van der Waals surface area contributed by atoms with Crippen LogP contribution in [0.25, 0.3) is 10.4 Å². The summed E-state index contributed by atoms with van der Waals surface area (Å²) in [6.45, 7) is 0. The minimum Gasteiger partial charge on any atom is -0.465 e. The molecular formula is C14H11NO6S. The standard InChI is InChI=1S/C14H11NO6S/c1-20-13(16)9-6-4-3-5-8(9)12-10(15(18)19)7-11(22-12)14(17)21-2/h3-7H,1-2H3. The lowest BCUT2D eigenvalue weighted by atomic mass is 10.1. The average Bonchev–Trinajstić information content (AvgIpc) is 2.98. The van der Waals surface area contributed by atoms with Gasteiger partial charge in [-0.3, -0.25) is 10.1 Å². The highest BCUT2D eigenvalue weighted by Crippen LogP contribution is 2.40. The number of ether oxygens (including phenoxy) is 2. The molecule has 1 aromatic carbocycles. The van der Waals surface area contributed by atoms with Crippen molar-refractivity contribution < 1.29 is 24.0 Å². The van der Waals surface area contributed by atoms with Gasteiger partial charge in [0.1, 0.15) is 9.75 Å². The van der Waals surface area contributed by atoms with Crippen LogP contribution in [0.1, 0.15) is 20.0 Å². The van der Waals surface area contributed by atoms with Gasteiger partial charge in [0, 0.05) is 11.6 Å². The fraction of sp³-hybridized carbons (Fsp3) is 0.143. The first-order chi connectivity index (χ1) is 10.5. The Bertz CT molecular complexity index is 752. The van der Waals surface area contributed by atoms with E-state index in [-0.39, 0.29) is 21.0 Å². The molecule has 22 heavy (non-hydrogen) atoms. The van der Waals surface area contributed by atoms with Gasteiger partial charge in [-0.15, -0.1) is 11.3 Å². The molecule has 0 aliphatic carbocycles. The van der Waals surface area contributed by atoms with Crippen molar-refractivity contribution in [3.63, 3.8) is 0 Å². The van der Waals surface area contributed by atoms with E-state index < -0.39 is 16.9 Å². The van der Waals surface area contributed by atoms with Crippen LogP contribution in [0.2, 0.25) is 0 Å². The molecule has 0 aliphatic heterocycles. The lowest BCUT2D eigenvalue weighted by Crippen LogP contribution is -2.03. The van der Waals surface area contributed by atoms with Crippen molar-refractivity contribution in [1.29, 1.82) is 0 Å². The molecule has 2 rings (SSSR count). The fourth-order valence-corrected chi connectivity index (χ4v) is 2.96. The Morgan fingerprint density at radius 1 is 1.14 bits per heavy atom. The van der Waals surface area contributed by atoms with E-state index in [1.165, 1.54) is 20.3 Å². The highest BCUT2D eigenvalue weighted by molar-refractivity contribution is 7.18. The van der Waals surface area contributed by atoms with Crippen LogP contribution in [0.4, 0.5) is 5.69 Å². The lowest BCUT2D eigenvalue weighted by molar-refractivity contribution is -0.383. The van der Waals surface area contributed by atoms with Crippen LogP contribution in [0.5, 0.6) is 0 Å². The molecule has 0 N–H and O–H groups in total. The summed E-state index contributed by atoms with van der Waals surface area (Å²) in [7, 11) is 2.41. The van der Waals surface area contributed by atoms with Crippen molar-refractivity contribution >= 4 is 29.0 Å². The molecule has 1 aromatic heterocycles. The summed E-state index contributed by atoms with van der Waals surface area (Å²) in [4.78, 5) is 34.3. The third-order valence-electron chi connectivity index (χ3n) is 2.87. The number of nitrogens with zero attached hydrogens (tertiary/aromatic N) is 1. The van der Waals surface area contributed by atoms with Gasteiger partial charge in [-0.05, 0) is 6.07 Å². The van der Waals surface area contributed by atoms with Gasteiger partial charge < -0.3 is 9.47 Å². The van der Waals surface area contributed by atoms with Crippen LogP contribution in [-0.4, -0.2) is 31.1 Å². The molecule has 0 fully saturated rings. The van der Waals surface area contributed by atoms with Gasteiger partial charge in [-0.2, -0.15) is 0 Å². The zero-order chi connectivity index (χ0) is 16.3. The molecule has 0 bridgehead atoms. The molecule has 0 saturated heterocycles. The number of benzene rings is 1. The molecular weight excluding hydrogens is 310 g/mol. The van der Waals surface area contributed by atoms with Crippen LogP contribution in [-0.2, 0) is 9.47 Å². The zero-order valence-electron chi connectivity index (χ0n) is 11.7. The zero-order valence-corrected chi connectivity index (χ0v) is 12.5. The summed E-state index contributed by atoms with van der Waals surface area (Å²) in [6, 6.07) is 7.47. The fourth-order valence-electron chi connectivity index (χ4n) is 1.88. The monoisotopic (exact) mass is 321 g/mol. The van der Waals surface area contributed by atoms with Crippen LogP contribution >= 0.6 is 11.3 Å². The number of hydrogen-bond donors (Lipinski definition) is 0. The normalized spacial score (nSPS) is 10.1. The Hall–Kier alpha value is -2.74. The van der Waals surface area contributed by atoms with Crippen molar-refractivity contribution in [3.05, 3.63) is 50.9 Å². The Kier molecular flexibility index (Phi) is 4.52. The number of esters is 2. The van der Waals surface area contributed by atoms with Gasteiger partial charge >= 0.3 is 11.9 Å². The number of methoxy groups -OCH3 is 2. The molecule has 2 aromatic rings. The smallest absolute Gasteiger partial charge is 0.348 e. The van der Waals surface area contributed by atoms with Crippen LogP contribution < -0.4 is 0 Å². The van der Waals surface area contributed by atoms with E-state index in [0.717, 1.165) is 17.4 Å². The van der Waals surface area contributed by atoms with E-state index in [9.17, 15) is 19.7 Å². The minimum atomic E-state index is -0.671. The van der Waals surface area contributed by atoms with Crippen LogP contribution in [0.3, 0.4) is 0 Å². The maximum atomic E-state index is 11.8. The molecule has 7 nitrogen and oxygen atoms in total. The maximum absolute atomic E-state index is 11.8. The van der Waals surface area contributed by atoms with Gasteiger partial charge in [0.15, 0.2) is 0 Å². The molecule has 0 unspecified atom stereocenters. The SMILES string of the molecule is COC(=O)c1cc([N+](=O)[O-])c(-c2ccccc2C(=O)OC)s1. The molecule has 0 amide bonds. The van der Waals surface area contributed by atoms with Gasteiger partial charge in [0.25, 0.3) is 5.69 Å². The van der Waals surface area contributed by atoms with E-state index >= 15 is 0 Å². The summed E-state index contributed by atoms with van der Waals surface area (Å²) in [5, 5.41) is 11.2. The van der Waals surface area contributed by atoms with E-state index in [1.807, 2.05) is 0 Å². The van der Waals surface area contributed by atoms with Crippen LogP contribution in [0.15, 0.2) is 30.3 Å². The highest BCUT2D eigenvalue weighted by Gasteiger charge is 2.26. The average molecular weight is 321 g/mol. The van der Waals surface area contributed by atoms with E-state index in [1.54, 1.807) is 18.2 Å². The van der Waals surface area contributed by atoms with Crippen molar-refractivity contribution in [1.82, 2.24) is 0 Å². The van der Waals surface area contributed by atoms with E-state index in [2.05, 4.69) is 9.47 Å². The Morgan fingerprint density at radius 3 is 2.36 bits per heavy atom. The number of carbonyl (C=O) groups is 2. The first-order valence-electron chi connectivity index (χ1n) is 6.03. The summed E-state index contributed by atoms with van der Waals surface area (Å²) < 4.78 is 9.25. The first-order valence-corrected chi connectivity index (χ1v) is 6.85. The van der Waals surface area contributed by atoms with E-state index in [0.29, 0.717) is 5.56 Å². The van der Waals surface area contributed by atoms with Crippen molar-refractivity contribution in [2.45, 2.75) is 0 Å². The largest absolute Gasteiger partial charge is 0.465 e. The van der Waals surface area contributed by atoms with Crippen molar-refractivity contribution in [2.24, 2.45) is 0 Å². The Labute approximate surface area is 129 Å². The van der Waals surface area contributed by atoms with Gasteiger partial charge in [0.2, 0.25) is 0 Å². The van der Waals surface area contributed by atoms with Crippen LogP contribution in [0, 0.1) is 10.1 Å². The molecule has 0 atom stereocenters. The van der Waals surface area contributed by atoms with Crippen molar-refractivity contribution in [3.8, 4) is 10.4 Å². The second kappa shape index (κ2) is 6.35. The molecule has 0 aliphatic rings. The maximum Gasteiger partial charge on any atom is 0.348 e. The molecule has 0 radical (unpaired) electrons. The van der Waals surface area contributed by atoms with Gasteiger partial charge in [0.05, 0.1) is 24.7 Å². The minimum absolute atomic E-state index is 0.0869. The van der Waals surface area contributed by atoms with E-state index in [4.69, 9.17) is 0 Å². The van der Waals surface area contributed by atoms with Gasteiger partial charge in [-0.25, -0.2) is 9.59 Å². The molecule has 0 saturated carbocycles. The second-order valence-corrected chi connectivity index (χ2v) is 5.16. The number of rotatable bonds is 4. The van der Waals surface area contributed by atoms with Crippen molar-refractivity contribution in [2.75, 3.05) is 14.2 Å². The summed E-state index contributed by atoms with van der Waals surface area (Å²) in [6.07, 6.45) is 0. The van der Waals surface area contributed by atoms with Gasteiger partial charge in [-0.1, -0.05) is 18.2 Å². The topological polar surface area (TPSA) is 95.7 Å². The Balaban J connectivity index is 2.67. The Morgan fingerprint density at radius 2 is 1.77 bits per heavy atom. The number of hydrogen-bond acceptors (Lipinski definition) is 7. The summed E-state index contributed by atoms with van der Waals surface area (Å²) in [5.74, 6) is -1.28. The second-order valence-electron chi connectivity index (χ2n) is 4.11. The quantitative estimate of drug-likeness (QED) is 0.488. The number of thiophene rings is 1. The molecule has 0 spiro atoms. The number of carbonyl (C=O) groups excluding carboxylic acids is 2. The summed E-state index contributed by atoms with van der Waals surface area (Å²) >= 11 is 0.892. The third-order valence-corrected chi connectivity index (χ3v) is 4.01. The first kappa shape index (κ1) is 15.6. The molecule has 1 heterocycles. The highest BCUT2D eigenvalue weighted by atomic mass is 32.1. The molecule has 8 heteroatoms. The summed E-state index contributed by atoms with van der Waals surface area (Å²) in [5.41, 5.74) is 0.259. The molecule has 114 valence electrons. The third kappa shape index (κ3) is 2.82. The lowest BCUT2D eigenvalue weighted by Gasteiger charge is -2.05.